The van der Waals surface area contributed by atoms with E-state index in [1.54, 1.807) is 11.8 Å². The molecule has 1 heterocycles. The Morgan fingerprint density at radius 1 is 1.64 bits per heavy atom. The van der Waals surface area contributed by atoms with Crippen molar-refractivity contribution in [1.82, 2.24) is 14.8 Å². The lowest BCUT2D eigenvalue weighted by Crippen LogP contribution is -2.15. The Labute approximate surface area is 87.6 Å². The molecular formula is C8H15N5S. The first kappa shape index (κ1) is 11.0. The molecule has 3 N–H and O–H groups in total. The molecule has 0 saturated carbocycles. The van der Waals surface area contributed by atoms with Crippen molar-refractivity contribution < 1.29 is 0 Å². The third-order valence-corrected chi connectivity index (χ3v) is 3.00. The smallest absolute Gasteiger partial charge is 0.191 e. The third-order valence-electron chi connectivity index (χ3n) is 1.87. The minimum Gasteiger partial charge on any atom is -0.388 e. The summed E-state index contributed by atoms with van der Waals surface area (Å²) in [6, 6.07) is 0. The minimum absolute atomic E-state index is 0.212. The van der Waals surface area contributed by atoms with Crippen LogP contribution in [0, 0.1) is 12.3 Å². The highest BCUT2D eigenvalue weighted by Crippen LogP contribution is 2.22. The van der Waals surface area contributed by atoms with Gasteiger partial charge in [0, 0.05) is 18.7 Å². The number of thioether (sulfide) groups is 1. The van der Waals surface area contributed by atoms with Gasteiger partial charge >= 0.3 is 0 Å². The van der Waals surface area contributed by atoms with Gasteiger partial charge in [-0.25, -0.2) is 0 Å². The van der Waals surface area contributed by atoms with Crippen LogP contribution < -0.4 is 5.73 Å². The van der Waals surface area contributed by atoms with Crippen molar-refractivity contribution >= 4 is 17.6 Å². The Bertz CT molecular complexity index is 332. The molecule has 0 amide bonds. The molecule has 0 aliphatic rings. The van der Waals surface area contributed by atoms with E-state index in [0.717, 1.165) is 11.0 Å². The zero-order chi connectivity index (χ0) is 10.7. The van der Waals surface area contributed by atoms with Crippen LogP contribution in [0.25, 0.3) is 0 Å². The number of nitrogens with zero attached hydrogens (tertiary/aromatic N) is 3. The summed E-state index contributed by atoms with van der Waals surface area (Å²) in [7, 11) is 1.93. The van der Waals surface area contributed by atoms with Gasteiger partial charge < -0.3 is 10.3 Å². The van der Waals surface area contributed by atoms with Crippen LogP contribution >= 0.6 is 11.8 Å². The van der Waals surface area contributed by atoms with Crippen LogP contribution in [0.4, 0.5) is 0 Å². The van der Waals surface area contributed by atoms with Gasteiger partial charge in [-0.2, -0.15) is 0 Å². The predicted octanol–water partition coefficient (Wildman–Crippen LogP) is 0.930. The minimum atomic E-state index is 0.212. The predicted molar refractivity (Wildman–Crippen MR) is 57.6 cm³/mol. The lowest BCUT2D eigenvalue weighted by atomic mass is 10.3. The Morgan fingerprint density at radius 2 is 2.29 bits per heavy atom. The van der Waals surface area contributed by atoms with Crippen LogP contribution in [-0.4, -0.2) is 25.9 Å². The molecule has 0 spiro atoms. The molecule has 0 fully saturated rings. The lowest BCUT2D eigenvalue weighted by Gasteiger charge is -2.08. The highest BCUT2D eigenvalue weighted by atomic mass is 32.2. The number of hydrogen-bond acceptors (Lipinski definition) is 4. The largest absolute Gasteiger partial charge is 0.388 e. The van der Waals surface area contributed by atoms with Crippen molar-refractivity contribution in [3.05, 3.63) is 5.82 Å². The Balaban J connectivity index is 2.60. The van der Waals surface area contributed by atoms with E-state index in [1.165, 1.54) is 0 Å². The topological polar surface area (TPSA) is 80.6 Å². The number of amidine groups is 1. The van der Waals surface area contributed by atoms with Crippen molar-refractivity contribution in [2.24, 2.45) is 12.8 Å². The molecular weight excluding hydrogens is 198 g/mol. The first-order valence-corrected chi connectivity index (χ1v) is 5.24. The number of hydrogen-bond donors (Lipinski definition) is 2. The van der Waals surface area contributed by atoms with Gasteiger partial charge in [0.15, 0.2) is 5.16 Å². The second-order valence-corrected chi connectivity index (χ2v) is 4.65. The monoisotopic (exact) mass is 213 g/mol. The van der Waals surface area contributed by atoms with Crippen LogP contribution in [0.5, 0.6) is 0 Å². The SMILES string of the molecule is Cc1nnc(SC(C)CC(=N)N)n1C. The molecule has 1 aromatic rings. The molecule has 14 heavy (non-hydrogen) atoms. The van der Waals surface area contributed by atoms with E-state index in [1.807, 2.05) is 25.5 Å². The normalized spacial score (nSPS) is 12.8. The molecule has 1 unspecified atom stereocenters. The summed E-state index contributed by atoms with van der Waals surface area (Å²) >= 11 is 1.59. The quantitative estimate of drug-likeness (QED) is 0.443. The number of aryl methyl sites for hydroxylation is 1. The number of rotatable bonds is 4. The summed E-state index contributed by atoms with van der Waals surface area (Å²) in [6.45, 7) is 3.93. The number of nitrogens with two attached hydrogens (primary N) is 1. The average molecular weight is 213 g/mol. The van der Waals surface area contributed by atoms with E-state index in [2.05, 4.69) is 10.2 Å². The average Bonchev–Trinajstić information content (AvgIpc) is 2.34. The third kappa shape index (κ3) is 2.73. The standard InChI is InChI=1S/C8H15N5S/c1-5(4-7(9)10)14-8-12-11-6(2)13(8)3/h5H,4H2,1-3H3,(H3,9,10). The lowest BCUT2D eigenvalue weighted by molar-refractivity contribution is 0.761. The molecule has 0 aliphatic heterocycles. The van der Waals surface area contributed by atoms with E-state index < -0.39 is 0 Å². The maximum absolute atomic E-state index is 7.17. The van der Waals surface area contributed by atoms with Gasteiger partial charge in [-0.3, -0.25) is 5.41 Å². The fourth-order valence-corrected chi connectivity index (χ4v) is 2.02. The summed E-state index contributed by atoms with van der Waals surface area (Å²) < 4.78 is 1.93. The maximum Gasteiger partial charge on any atom is 0.191 e. The second-order valence-electron chi connectivity index (χ2n) is 3.25. The van der Waals surface area contributed by atoms with Gasteiger partial charge in [0.25, 0.3) is 0 Å². The van der Waals surface area contributed by atoms with E-state index in [9.17, 15) is 0 Å². The molecule has 1 aromatic heterocycles. The molecule has 0 saturated heterocycles. The highest BCUT2D eigenvalue weighted by Gasteiger charge is 2.11. The van der Waals surface area contributed by atoms with Crippen LogP contribution in [0.3, 0.4) is 0 Å². The van der Waals surface area contributed by atoms with E-state index in [-0.39, 0.29) is 11.1 Å². The molecule has 1 atom stereocenters. The van der Waals surface area contributed by atoms with Gasteiger partial charge in [-0.1, -0.05) is 18.7 Å². The van der Waals surface area contributed by atoms with Gasteiger partial charge in [0.2, 0.25) is 0 Å². The first-order valence-electron chi connectivity index (χ1n) is 4.36. The number of nitrogens with one attached hydrogen (secondary N) is 1. The van der Waals surface area contributed by atoms with E-state index in [4.69, 9.17) is 11.1 Å². The second kappa shape index (κ2) is 4.45. The molecule has 1 rings (SSSR count). The van der Waals surface area contributed by atoms with Crippen LogP contribution in [0.1, 0.15) is 19.2 Å². The van der Waals surface area contributed by atoms with Crippen LogP contribution in [-0.2, 0) is 7.05 Å². The fourth-order valence-electron chi connectivity index (χ4n) is 1.02. The van der Waals surface area contributed by atoms with Gasteiger partial charge in [-0.05, 0) is 6.92 Å². The Kier molecular flexibility index (Phi) is 3.51. The molecule has 78 valence electrons. The molecule has 0 aliphatic carbocycles. The number of aromatic nitrogens is 3. The van der Waals surface area contributed by atoms with E-state index in [0.29, 0.717) is 6.42 Å². The molecule has 5 nitrogen and oxygen atoms in total. The van der Waals surface area contributed by atoms with Gasteiger partial charge in [-0.15, -0.1) is 10.2 Å². The maximum atomic E-state index is 7.17. The van der Waals surface area contributed by atoms with Gasteiger partial charge in [0.1, 0.15) is 5.82 Å². The summed E-state index contributed by atoms with van der Waals surface area (Å²) in [5.41, 5.74) is 5.32. The van der Waals surface area contributed by atoms with Crippen molar-refractivity contribution in [2.45, 2.75) is 30.7 Å². The van der Waals surface area contributed by atoms with Crippen LogP contribution in [0.15, 0.2) is 5.16 Å². The van der Waals surface area contributed by atoms with Crippen molar-refractivity contribution in [2.75, 3.05) is 0 Å². The molecule has 0 aromatic carbocycles. The first-order chi connectivity index (χ1) is 6.50. The van der Waals surface area contributed by atoms with Crippen LogP contribution in [0.2, 0.25) is 0 Å². The molecule has 0 radical (unpaired) electrons. The molecule has 0 bridgehead atoms. The summed E-state index contributed by atoms with van der Waals surface area (Å²) in [4.78, 5) is 0. The van der Waals surface area contributed by atoms with Crippen molar-refractivity contribution in [3.63, 3.8) is 0 Å². The zero-order valence-corrected chi connectivity index (χ0v) is 9.43. The fraction of sp³-hybridized carbons (Fsp3) is 0.625. The van der Waals surface area contributed by atoms with Gasteiger partial charge in [0.05, 0.1) is 5.84 Å². The summed E-state index contributed by atoms with van der Waals surface area (Å²) in [5, 5.41) is 16.3. The van der Waals surface area contributed by atoms with Crippen molar-refractivity contribution in [3.8, 4) is 0 Å². The zero-order valence-electron chi connectivity index (χ0n) is 8.61. The summed E-state index contributed by atoms with van der Waals surface area (Å²) in [6.07, 6.45) is 0.580. The Hall–Kier alpha value is -1.04. The van der Waals surface area contributed by atoms with Crippen molar-refractivity contribution in [1.29, 1.82) is 5.41 Å². The van der Waals surface area contributed by atoms with E-state index >= 15 is 0 Å². The Morgan fingerprint density at radius 3 is 2.71 bits per heavy atom. The highest BCUT2D eigenvalue weighted by molar-refractivity contribution is 7.99. The summed E-state index contributed by atoms with van der Waals surface area (Å²) in [5.74, 6) is 1.10. The molecule has 6 heteroatoms.